The highest BCUT2D eigenvalue weighted by molar-refractivity contribution is 6.02. The number of carbonyl (C=O) groups is 2. The van der Waals surface area contributed by atoms with Crippen LogP contribution in [-0.2, 0) is 0 Å². The van der Waals surface area contributed by atoms with Gasteiger partial charge in [-0.25, -0.2) is 0 Å². The average molecular weight is 338 g/mol. The average Bonchev–Trinajstić information content (AvgIpc) is 2.96. The second-order valence-electron chi connectivity index (χ2n) is 6.09. The molecule has 0 bridgehead atoms. The van der Waals surface area contributed by atoms with Gasteiger partial charge in [0.25, 0.3) is 11.8 Å². The fraction of sp³-hybridized carbons (Fsp3) is 0.300. The molecule has 2 amide bonds. The molecule has 0 spiro atoms. The van der Waals surface area contributed by atoms with Crippen LogP contribution in [0.4, 0.5) is 0 Å². The largest absolute Gasteiger partial charge is 0.489 e. The molecule has 130 valence electrons. The molecule has 1 aliphatic heterocycles. The van der Waals surface area contributed by atoms with Crippen molar-refractivity contribution in [1.29, 1.82) is 0 Å². The van der Waals surface area contributed by atoms with E-state index in [9.17, 15) is 9.59 Å². The van der Waals surface area contributed by atoms with E-state index in [0.29, 0.717) is 23.4 Å². The summed E-state index contributed by atoms with van der Waals surface area (Å²) in [6.45, 7) is 4.38. The first-order chi connectivity index (χ1) is 12.1. The quantitative estimate of drug-likeness (QED) is 0.901. The van der Waals surface area contributed by atoms with Crippen LogP contribution in [0.5, 0.6) is 5.75 Å². The van der Waals surface area contributed by atoms with Crippen molar-refractivity contribution in [2.24, 2.45) is 0 Å². The molecule has 2 aromatic carbocycles. The monoisotopic (exact) mass is 338 g/mol. The Morgan fingerprint density at radius 1 is 1.12 bits per heavy atom. The van der Waals surface area contributed by atoms with Gasteiger partial charge < -0.3 is 15.4 Å². The van der Waals surface area contributed by atoms with Crippen molar-refractivity contribution in [3.8, 4) is 5.75 Å². The summed E-state index contributed by atoms with van der Waals surface area (Å²) in [5, 5.41) is 5.42. The van der Waals surface area contributed by atoms with Crippen LogP contribution < -0.4 is 15.4 Å². The third kappa shape index (κ3) is 3.09. The molecule has 0 aliphatic carbocycles. The Bertz CT molecular complexity index is 802. The predicted molar refractivity (Wildman–Crippen MR) is 96.2 cm³/mol. The van der Waals surface area contributed by atoms with E-state index >= 15 is 0 Å². The van der Waals surface area contributed by atoms with E-state index in [0.717, 1.165) is 11.1 Å². The van der Waals surface area contributed by atoms with E-state index in [2.05, 4.69) is 10.6 Å². The molecule has 1 unspecified atom stereocenters. The summed E-state index contributed by atoms with van der Waals surface area (Å²) in [4.78, 5) is 24.7. The molecule has 2 aromatic rings. The van der Waals surface area contributed by atoms with Crippen molar-refractivity contribution in [2.45, 2.75) is 25.9 Å². The molecule has 5 heteroatoms. The van der Waals surface area contributed by atoms with Crippen LogP contribution in [0.25, 0.3) is 0 Å². The van der Waals surface area contributed by atoms with Gasteiger partial charge in [-0.3, -0.25) is 9.59 Å². The fourth-order valence-electron chi connectivity index (χ4n) is 3.33. The molecule has 0 fully saturated rings. The summed E-state index contributed by atoms with van der Waals surface area (Å²) in [5.74, 6) is 0.0906. The molecule has 0 saturated heterocycles. The summed E-state index contributed by atoms with van der Waals surface area (Å²) in [5.41, 5.74) is 2.84. The van der Waals surface area contributed by atoms with Crippen molar-refractivity contribution in [3.63, 3.8) is 0 Å². The van der Waals surface area contributed by atoms with Gasteiger partial charge in [0.05, 0.1) is 5.56 Å². The number of hydrogen-bond donors (Lipinski definition) is 2. The van der Waals surface area contributed by atoms with E-state index in [1.807, 2.05) is 50.2 Å². The SMILES string of the molecule is CCNC(=O)c1cc(C(=O)NC)c2c(c1)[C@H](c1ccccc1)C(C)O2. The number of nitrogens with one attached hydrogen (secondary N) is 2. The van der Waals surface area contributed by atoms with Crippen LogP contribution in [0.3, 0.4) is 0 Å². The molecule has 5 nitrogen and oxygen atoms in total. The van der Waals surface area contributed by atoms with Gasteiger partial charge in [-0.1, -0.05) is 30.3 Å². The lowest BCUT2D eigenvalue weighted by atomic mass is 9.87. The van der Waals surface area contributed by atoms with Gasteiger partial charge in [0.1, 0.15) is 11.9 Å². The van der Waals surface area contributed by atoms with Crippen LogP contribution >= 0.6 is 0 Å². The zero-order valence-electron chi connectivity index (χ0n) is 14.6. The molecular weight excluding hydrogens is 316 g/mol. The zero-order chi connectivity index (χ0) is 18.0. The lowest BCUT2D eigenvalue weighted by Gasteiger charge is -2.15. The van der Waals surface area contributed by atoms with Gasteiger partial charge in [0.15, 0.2) is 0 Å². The lowest BCUT2D eigenvalue weighted by Crippen LogP contribution is -2.24. The highest BCUT2D eigenvalue weighted by Gasteiger charge is 2.36. The summed E-state index contributed by atoms with van der Waals surface area (Å²) in [7, 11) is 1.57. The Kier molecular flexibility index (Phi) is 4.74. The van der Waals surface area contributed by atoms with Gasteiger partial charge in [-0.05, 0) is 31.5 Å². The second kappa shape index (κ2) is 6.97. The fourth-order valence-corrected chi connectivity index (χ4v) is 3.33. The molecule has 0 aromatic heterocycles. The molecule has 1 heterocycles. The first kappa shape index (κ1) is 17.0. The molecule has 2 N–H and O–H groups in total. The van der Waals surface area contributed by atoms with E-state index in [1.165, 1.54) is 0 Å². The number of ether oxygens (including phenoxy) is 1. The molecular formula is C20H22N2O3. The molecule has 0 radical (unpaired) electrons. The Hall–Kier alpha value is -2.82. The first-order valence-corrected chi connectivity index (χ1v) is 8.46. The molecule has 0 saturated carbocycles. The number of rotatable bonds is 4. The summed E-state index contributed by atoms with van der Waals surface area (Å²) in [6.07, 6.45) is -0.120. The molecule has 3 rings (SSSR count). The van der Waals surface area contributed by atoms with E-state index in [1.54, 1.807) is 13.1 Å². The van der Waals surface area contributed by atoms with Gasteiger partial charge in [0.2, 0.25) is 0 Å². The van der Waals surface area contributed by atoms with Crippen LogP contribution in [0, 0.1) is 0 Å². The molecule has 1 aliphatic rings. The summed E-state index contributed by atoms with van der Waals surface area (Å²) in [6, 6.07) is 13.4. The van der Waals surface area contributed by atoms with E-state index in [4.69, 9.17) is 4.74 Å². The van der Waals surface area contributed by atoms with E-state index in [-0.39, 0.29) is 23.8 Å². The van der Waals surface area contributed by atoms with Crippen LogP contribution in [0.2, 0.25) is 0 Å². The maximum Gasteiger partial charge on any atom is 0.254 e. The maximum atomic E-state index is 12.3. The third-order valence-electron chi connectivity index (χ3n) is 4.46. The Morgan fingerprint density at radius 3 is 2.48 bits per heavy atom. The van der Waals surface area contributed by atoms with Gasteiger partial charge in [0, 0.05) is 30.6 Å². The standard InChI is InChI=1S/C20H22N2O3/c1-4-22-19(23)14-10-15-17(13-8-6-5-7-9-13)12(2)25-18(15)16(11-14)20(24)21-3/h5-12,17H,4H2,1-3H3,(H,21,24)(H,22,23)/t12?,17-/m0/s1. The highest BCUT2D eigenvalue weighted by Crippen LogP contribution is 2.44. The van der Waals surface area contributed by atoms with Crippen LogP contribution in [0.1, 0.15) is 51.6 Å². The van der Waals surface area contributed by atoms with Crippen molar-refractivity contribution in [1.82, 2.24) is 10.6 Å². The van der Waals surface area contributed by atoms with Crippen LogP contribution in [-0.4, -0.2) is 31.5 Å². The Labute approximate surface area is 147 Å². The number of hydrogen-bond acceptors (Lipinski definition) is 3. The maximum absolute atomic E-state index is 12.3. The summed E-state index contributed by atoms with van der Waals surface area (Å²) >= 11 is 0. The van der Waals surface area contributed by atoms with Crippen molar-refractivity contribution in [2.75, 3.05) is 13.6 Å². The number of carbonyl (C=O) groups excluding carboxylic acids is 2. The predicted octanol–water partition coefficient (Wildman–Crippen LogP) is 2.71. The third-order valence-corrected chi connectivity index (χ3v) is 4.46. The lowest BCUT2D eigenvalue weighted by molar-refractivity contribution is 0.0955. The smallest absolute Gasteiger partial charge is 0.254 e. The van der Waals surface area contributed by atoms with Crippen molar-refractivity contribution >= 4 is 11.8 Å². The topological polar surface area (TPSA) is 67.4 Å². The summed E-state index contributed by atoms with van der Waals surface area (Å²) < 4.78 is 6.03. The minimum Gasteiger partial charge on any atom is -0.489 e. The molecule has 25 heavy (non-hydrogen) atoms. The van der Waals surface area contributed by atoms with Crippen molar-refractivity contribution < 1.29 is 14.3 Å². The van der Waals surface area contributed by atoms with Gasteiger partial charge >= 0.3 is 0 Å². The minimum atomic E-state index is -0.261. The van der Waals surface area contributed by atoms with Crippen molar-refractivity contribution in [3.05, 3.63) is 64.7 Å². The first-order valence-electron chi connectivity index (χ1n) is 8.46. The van der Waals surface area contributed by atoms with Crippen LogP contribution in [0.15, 0.2) is 42.5 Å². The number of amides is 2. The highest BCUT2D eigenvalue weighted by atomic mass is 16.5. The Balaban J connectivity index is 2.16. The van der Waals surface area contributed by atoms with Gasteiger partial charge in [-0.15, -0.1) is 0 Å². The Morgan fingerprint density at radius 2 is 1.84 bits per heavy atom. The number of fused-ring (bicyclic) bond motifs is 1. The normalized spacial score (nSPS) is 18.2. The minimum absolute atomic E-state index is 0.0195. The second-order valence-corrected chi connectivity index (χ2v) is 6.09. The number of benzene rings is 2. The molecule has 2 atom stereocenters. The van der Waals surface area contributed by atoms with E-state index < -0.39 is 0 Å². The zero-order valence-corrected chi connectivity index (χ0v) is 14.6. The van der Waals surface area contributed by atoms with Gasteiger partial charge in [-0.2, -0.15) is 0 Å².